The molecule has 0 radical (unpaired) electrons. The van der Waals surface area contributed by atoms with Crippen LogP contribution in [0.3, 0.4) is 0 Å². The molecule has 0 bridgehead atoms. The Morgan fingerprint density at radius 1 is 0.929 bits per heavy atom. The van der Waals surface area contributed by atoms with Crippen molar-refractivity contribution >= 4 is 11.5 Å². The highest BCUT2D eigenvalue weighted by Gasteiger charge is 2.30. The minimum absolute atomic E-state index is 0.580. The Balaban J connectivity index is 1.76. The quantitative estimate of drug-likeness (QED) is 0.474. The number of hydrogen-bond acceptors (Lipinski definition) is 2. The molecule has 28 heavy (non-hydrogen) atoms. The molecule has 4 rings (SSSR count). The molecule has 0 fully saturated rings. The van der Waals surface area contributed by atoms with Gasteiger partial charge in [-0.3, -0.25) is 4.40 Å². The van der Waals surface area contributed by atoms with Gasteiger partial charge in [-0.1, -0.05) is 48.5 Å². The van der Waals surface area contributed by atoms with E-state index in [1.165, 1.54) is 12.1 Å². The highest BCUT2D eigenvalue weighted by Crippen LogP contribution is 2.33. The van der Waals surface area contributed by atoms with Crippen LogP contribution in [0.5, 0.6) is 0 Å². The Morgan fingerprint density at radius 3 is 2.32 bits per heavy atom. The molecule has 0 saturated carbocycles. The molecule has 2 heterocycles. The lowest BCUT2D eigenvalue weighted by molar-refractivity contribution is -0.137. The van der Waals surface area contributed by atoms with E-state index in [2.05, 4.69) is 10.3 Å². The van der Waals surface area contributed by atoms with Crippen LogP contribution in [0, 0.1) is 6.92 Å². The fourth-order valence-corrected chi connectivity index (χ4v) is 3.12. The molecule has 0 spiro atoms. The van der Waals surface area contributed by atoms with Gasteiger partial charge in [0.25, 0.3) is 0 Å². The van der Waals surface area contributed by atoms with Crippen molar-refractivity contribution in [1.29, 1.82) is 0 Å². The zero-order chi connectivity index (χ0) is 19.7. The Hall–Kier alpha value is -3.28. The number of nitrogens with zero attached hydrogens (tertiary/aromatic N) is 2. The van der Waals surface area contributed by atoms with E-state index in [-0.39, 0.29) is 0 Å². The maximum atomic E-state index is 12.9. The van der Waals surface area contributed by atoms with Gasteiger partial charge in [0.15, 0.2) is 0 Å². The average molecular weight is 381 g/mol. The summed E-state index contributed by atoms with van der Waals surface area (Å²) in [6.45, 7) is 2.56. The monoisotopic (exact) mass is 381 g/mol. The molecular formula is C22H18F3N3. The second kappa shape index (κ2) is 7.03. The molecule has 2 aromatic heterocycles. The van der Waals surface area contributed by atoms with Crippen LogP contribution in [0.25, 0.3) is 16.9 Å². The molecule has 2 aromatic carbocycles. The lowest BCUT2D eigenvalue weighted by Gasteiger charge is -2.10. The standard InChI is InChI=1S/C22H18F3N3/c1-15-7-12-19-27-20(17-8-10-18(11-9-17)22(23,24)25)21(28(19)14-15)26-13-16-5-3-2-4-6-16/h2-12,14,26H,13H2,1H3. The number of nitrogens with one attached hydrogen (secondary N) is 1. The summed E-state index contributed by atoms with van der Waals surface area (Å²) in [5.41, 5.74) is 3.47. The van der Waals surface area contributed by atoms with E-state index in [1.54, 1.807) is 0 Å². The Kier molecular flexibility index (Phi) is 4.55. The summed E-state index contributed by atoms with van der Waals surface area (Å²) in [4.78, 5) is 4.65. The van der Waals surface area contributed by atoms with Gasteiger partial charge in [-0.15, -0.1) is 0 Å². The van der Waals surface area contributed by atoms with E-state index < -0.39 is 11.7 Å². The van der Waals surface area contributed by atoms with E-state index in [1.807, 2.05) is 60.0 Å². The number of rotatable bonds is 4. The van der Waals surface area contributed by atoms with E-state index >= 15 is 0 Å². The van der Waals surface area contributed by atoms with Crippen molar-refractivity contribution in [2.24, 2.45) is 0 Å². The van der Waals surface area contributed by atoms with Gasteiger partial charge in [0.05, 0.1) is 5.56 Å². The van der Waals surface area contributed by atoms with Crippen molar-refractivity contribution in [3.05, 3.63) is 89.6 Å². The Labute approximate surface area is 160 Å². The zero-order valence-corrected chi connectivity index (χ0v) is 15.2. The fraction of sp³-hybridized carbons (Fsp3) is 0.136. The van der Waals surface area contributed by atoms with Crippen molar-refractivity contribution in [1.82, 2.24) is 9.38 Å². The van der Waals surface area contributed by atoms with E-state index in [4.69, 9.17) is 0 Å². The van der Waals surface area contributed by atoms with E-state index in [0.29, 0.717) is 17.8 Å². The molecule has 0 aliphatic rings. The van der Waals surface area contributed by atoms with Gasteiger partial charge in [-0.25, -0.2) is 4.98 Å². The van der Waals surface area contributed by atoms with Gasteiger partial charge in [0.1, 0.15) is 17.2 Å². The van der Waals surface area contributed by atoms with Crippen molar-refractivity contribution in [3.8, 4) is 11.3 Å². The molecule has 1 N–H and O–H groups in total. The summed E-state index contributed by atoms with van der Waals surface area (Å²) in [5, 5.41) is 3.40. The highest BCUT2D eigenvalue weighted by atomic mass is 19.4. The smallest absolute Gasteiger partial charge is 0.365 e. The first-order chi connectivity index (χ1) is 13.4. The van der Waals surface area contributed by atoms with Crippen LogP contribution in [0.15, 0.2) is 72.9 Å². The first kappa shape index (κ1) is 18.1. The Bertz CT molecular complexity index is 1100. The number of aryl methyl sites for hydroxylation is 1. The van der Waals surface area contributed by atoms with Gasteiger partial charge in [-0.05, 0) is 36.2 Å². The van der Waals surface area contributed by atoms with Crippen LogP contribution >= 0.6 is 0 Å². The molecule has 3 nitrogen and oxygen atoms in total. The largest absolute Gasteiger partial charge is 0.416 e. The predicted molar refractivity (Wildman–Crippen MR) is 104 cm³/mol. The lowest BCUT2D eigenvalue weighted by atomic mass is 10.1. The molecule has 0 aliphatic carbocycles. The summed E-state index contributed by atoms with van der Waals surface area (Å²) in [7, 11) is 0. The maximum Gasteiger partial charge on any atom is 0.416 e. The second-order valence-electron chi connectivity index (χ2n) is 6.66. The summed E-state index contributed by atoms with van der Waals surface area (Å²) in [6.07, 6.45) is -2.40. The number of pyridine rings is 1. The summed E-state index contributed by atoms with van der Waals surface area (Å²) < 4.78 is 40.6. The third-order valence-corrected chi connectivity index (χ3v) is 4.55. The van der Waals surface area contributed by atoms with Gasteiger partial charge < -0.3 is 5.32 Å². The van der Waals surface area contributed by atoms with Gasteiger partial charge >= 0.3 is 6.18 Å². The Morgan fingerprint density at radius 2 is 1.64 bits per heavy atom. The van der Waals surface area contributed by atoms with Crippen LogP contribution in [-0.4, -0.2) is 9.38 Å². The first-order valence-corrected chi connectivity index (χ1v) is 8.86. The number of fused-ring (bicyclic) bond motifs is 1. The van der Waals surface area contributed by atoms with Crippen LogP contribution in [0.4, 0.5) is 19.0 Å². The van der Waals surface area contributed by atoms with Crippen molar-refractivity contribution in [2.75, 3.05) is 5.32 Å². The zero-order valence-electron chi connectivity index (χ0n) is 15.2. The average Bonchev–Trinajstić information content (AvgIpc) is 3.04. The molecule has 0 unspecified atom stereocenters. The van der Waals surface area contributed by atoms with Crippen molar-refractivity contribution < 1.29 is 13.2 Å². The maximum absolute atomic E-state index is 12.9. The highest BCUT2D eigenvalue weighted by molar-refractivity contribution is 5.76. The molecule has 0 aliphatic heterocycles. The predicted octanol–water partition coefficient (Wildman–Crippen LogP) is 5.94. The first-order valence-electron chi connectivity index (χ1n) is 8.86. The normalized spacial score (nSPS) is 11.7. The third-order valence-electron chi connectivity index (χ3n) is 4.55. The van der Waals surface area contributed by atoms with Gasteiger partial charge in [-0.2, -0.15) is 13.2 Å². The van der Waals surface area contributed by atoms with Gasteiger partial charge in [0.2, 0.25) is 0 Å². The topological polar surface area (TPSA) is 29.3 Å². The summed E-state index contributed by atoms with van der Waals surface area (Å²) in [5.74, 6) is 0.752. The molecular weight excluding hydrogens is 363 g/mol. The SMILES string of the molecule is Cc1ccc2nc(-c3ccc(C(F)(F)F)cc3)c(NCc3ccccc3)n2c1. The third kappa shape index (κ3) is 3.58. The molecule has 6 heteroatoms. The van der Waals surface area contributed by atoms with Crippen molar-refractivity contribution in [2.45, 2.75) is 19.6 Å². The van der Waals surface area contributed by atoms with Crippen molar-refractivity contribution in [3.63, 3.8) is 0 Å². The number of benzene rings is 2. The minimum atomic E-state index is -4.36. The second-order valence-corrected chi connectivity index (χ2v) is 6.66. The number of imidazole rings is 1. The lowest BCUT2D eigenvalue weighted by Crippen LogP contribution is -2.05. The molecule has 4 aromatic rings. The van der Waals surface area contributed by atoms with Crippen LogP contribution < -0.4 is 5.32 Å². The van der Waals surface area contributed by atoms with Crippen LogP contribution in [0.2, 0.25) is 0 Å². The van der Waals surface area contributed by atoms with Crippen LogP contribution in [-0.2, 0) is 12.7 Å². The summed E-state index contributed by atoms with van der Waals surface area (Å²) in [6, 6.07) is 18.9. The number of alkyl halides is 3. The number of anilines is 1. The van der Waals surface area contributed by atoms with Gasteiger partial charge in [0, 0.05) is 18.3 Å². The molecule has 0 atom stereocenters. The molecule has 0 saturated heterocycles. The molecule has 142 valence electrons. The number of hydrogen-bond donors (Lipinski definition) is 1. The van der Waals surface area contributed by atoms with E-state index in [9.17, 15) is 13.2 Å². The minimum Gasteiger partial charge on any atom is -0.365 e. The fourth-order valence-electron chi connectivity index (χ4n) is 3.12. The number of halogens is 3. The molecule has 0 amide bonds. The van der Waals surface area contributed by atoms with Crippen LogP contribution in [0.1, 0.15) is 16.7 Å². The summed E-state index contributed by atoms with van der Waals surface area (Å²) >= 11 is 0. The van der Waals surface area contributed by atoms with E-state index in [0.717, 1.165) is 34.7 Å². The number of aromatic nitrogens is 2.